The van der Waals surface area contributed by atoms with Gasteiger partial charge in [0.15, 0.2) is 11.5 Å². The summed E-state index contributed by atoms with van der Waals surface area (Å²) >= 11 is 0. The van der Waals surface area contributed by atoms with Gasteiger partial charge < -0.3 is 10.1 Å². The van der Waals surface area contributed by atoms with Crippen molar-refractivity contribution in [3.8, 4) is 0 Å². The zero-order valence-corrected chi connectivity index (χ0v) is 12.9. The molecule has 1 aliphatic rings. The van der Waals surface area contributed by atoms with E-state index in [0.29, 0.717) is 16.7 Å². The summed E-state index contributed by atoms with van der Waals surface area (Å²) in [6.45, 7) is 1.40. The molecule has 1 atom stereocenters. The molecule has 0 amide bonds. The summed E-state index contributed by atoms with van der Waals surface area (Å²) in [5.74, 6) is -0.935. The van der Waals surface area contributed by atoms with Gasteiger partial charge in [-0.15, -0.1) is 15.3 Å². The molecular weight excluding hydrogens is 339 g/mol. The summed E-state index contributed by atoms with van der Waals surface area (Å²) in [5.41, 5.74) is 0.637. The molecule has 4 rings (SSSR count). The number of alkyl halides is 3. The lowest BCUT2D eigenvalue weighted by atomic mass is 10.2. The Hall–Kier alpha value is -2.69. The minimum Gasteiger partial charge on any atom is -0.376 e. The average molecular weight is 353 g/mol. The molecule has 3 aromatic heterocycles. The monoisotopic (exact) mass is 353 g/mol. The van der Waals surface area contributed by atoms with Gasteiger partial charge in [-0.3, -0.25) is 4.68 Å². The van der Waals surface area contributed by atoms with Crippen LogP contribution < -0.4 is 5.32 Å². The third-order valence-electron chi connectivity index (χ3n) is 3.84. The number of hydrogen-bond donors (Lipinski definition) is 1. The summed E-state index contributed by atoms with van der Waals surface area (Å²) in [7, 11) is 0. The van der Waals surface area contributed by atoms with Gasteiger partial charge in [0.25, 0.3) is 5.82 Å². The van der Waals surface area contributed by atoms with Crippen LogP contribution in [0.4, 0.5) is 24.7 Å². The van der Waals surface area contributed by atoms with Crippen molar-refractivity contribution < 1.29 is 17.9 Å². The zero-order chi connectivity index (χ0) is 17.4. The van der Waals surface area contributed by atoms with Crippen LogP contribution in [0.15, 0.2) is 24.5 Å². The maximum Gasteiger partial charge on any atom is 0.453 e. The number of fused-ring (bicyclic) bond motifs is 1. The van der Waals surface area contributed by atoms with Gasteiger partial charge in [-0.05, 0) is 25.0 Å². The molecule has 1 fully saturated rings. The molecular formula is C14H14F3N7O. The molecule has 0 radical (unpaired) electrons. The molecule has 0 aliphatic carbocycles. The number of ether oxygens (including phenoxy) is 1. The fourth-order valence-electron chi connectivity index (χ4n) is 2.71. The lowest BCUT2D eigenvalue weighted by molar-refractivity contribution is -0.146. The highest BCUT2D eigenvalue weighted by atomic mass is 19.4. The number of hydrogen-bond acceptors (Lipinski definition) is 6. The van der Waals surface area contributed by atoms with Crippen LogP contribution in [0.5, 0.6) is 0 Å². The molecule has 4 heterocycles. The van der Waals surface area contributed by atoms with Crippen molar-refractivity contribution in [2.75, 3.05) is 11.9 Å². The molecule has 132 valence electrons. The fourth-order valence-corrected chi connectivity index (χ4v) is 2.71. The minimum absolute atomic E-state index is 0.0203. The van der Waals surface area contributed by atoms with Crippen LogP contribution in [0.3, 0.4) is 0 Å². The van der Waals surface area contributed by atoms with Gasteiger partial charge in [-0.25, -0.2) is 0 Å². The highest BCUT2D eigenvalue weighted by molar-refractivity contribution is 5.55. The highest BCUT2D eigenvalue weighted by Crippen LogP contribution is 2.27. The van der Waals surface area contributed by atoms with Crippen LogP contribution in [0.2, 0.25) is 0 Å². The quantitative estimate of drug-likeness (QED) is 0.775. The summed E-state index contributed by atoms with van der Waals surface area (Å²) in [5, 5.41) is 17.7. The summed E-state index contributed by atoms with van der Waals surface area (Å²) in [6.07, 6.45) is 0.892. The topological polar surface area (TPSA) is 82.2 Å². The molecule has 11 heteroatoms. The van der Waals surface area contributed by atoms with E-state index in [1.54, 1.807) is 17.1 Å². The van der Waals surface area contributed by atoms with Gasteiger partial charge in [0.05, 0.1) is 24.5 Å². The van der Waals surface area contributed by atoms with E-state index in [1.807, 2.05) is 0 Å². The van der Waals surface area contributed by atoms with Crippen LogP contribution in [-0.4, -0.2) is 42.3 Å². The zero-order valence-electron chi connectivity index (χ0n) is 12.9. The first-order valence-electron chi connectivity index (χ1n) is 7.70. The summed E-state index contributed by atoms with van der Waals surface area (Å²) in [6, 6.07) is 2.94. The molecule has 0 unspecified atom stereocenters. The predicted molar refractivity (Wildman–Crippen MR) is 80.3 cm³/mol. The van der Waals surface area contributed by atoms with Crippen molar-refractivity contribution in [1.82, 2.24) is 29.6 Å². The Labute approximate surface area is 139 Å². The van der Waals surface area contributed by atoms with Gasteiger partial charge in [0, 0.05) is 12.8 Å². The highest BCUT2D eigenvalue weighted by Gasteiger charge is 2.37. The molecule has 25 heavy (non-hydrogen) atoms. The normalized spacial score (nSPS) is 18.1. The first-order valence-corrected chi connectivity index (χ1v) is 7.70. The molecule has 1 N–H and O–H groups in total. The molecule has 3 aromatic rings. The van der Waals surface area contributed by atoms with Gasteiger partial charge >= 0.3 is 6.18 Å². The van der Waals surface area contributed by atoms with Gasteiger partial charge in [-0.1, -0.05) is 0 Å². The third kappa shape index (κ3) is 3.27. The maximum atomic E-state index is 12.9. The second-order valence-corrected chi connectivity index (χ2v) is 5.72. The smallest absolute Gasteiger partial charge is 0.376 e. The van der Waals surface area contributed by atoms with Crippen LogP contribution in [0.25, 0.3) is 5.65 Å². The number of aromatic nitrogens is 6. The van der Waals surface area contributed by atoms with E-state index in [1.165, 1.54) is 12.1 Å². The number of anilines is 2. The SMILES string of the molecule is FC(F)(F)c1nnc2ccc(Nc3cnn(C[C@H]4CCCO4)c3)nn12. The average Bonchev–Trinajstić information content (AvgIpc) is 3.27. The van der Waals surface area contributed by atoms with E-state index in [0.717, 1.165) is 19.4 Å². The number of halogens is 3. The van der Waals surface area contributed by atoms with Crippen molar-refractivity contribution in [3.05, 3.63) is 30.4 Å². The van der Waals surface area contributed by atoms with Crippen LogP contribution in [-0.2, 0) is 17.5 Å². The molecule has 0 bridgehead atoms. The van der Waals surface area contributed by atoms with Crippen molar-refractivity contribution in [2.45, 2.75) is 31.7 Å². The van der Waals surface area contributed by atoms with Crippen molar-refractivity contribution in [1.29, 1.82) is 0 Å². The Morgan fingerprint density at radius 3 is 2.92 bits per heavy atom. The Morgan fingerprint density at radius 2 is 2.16 bits per heavy atom. The number of nitrogens with zero attached hydrogens (tertiary/aromatic N) is 6. The molecule has 0 spiro atoms. The lowest BCUT2D eigenvalue weighted by Gasteiger charge is -2.08. The summed E-state index contributed by atoms with van der Waals surface area (Å²) < 4.78 is 46.6. The van der Waals surface area contributed by atoms with Gasteiger partial charge in [0.2, 0.25) is 0 Å². The maximum absolute atomic E-state index is 12.9. The fraction of sp³-hybridized carbons (Fsp3) is 0.429. The second-order valence-electron chi connectivity index (χ2n) is 5.72. The molecule has 0 saturated carbocycles. The second kappa shape index (κ2) is 5.99. The standard InChI is InChI=1S/C14H14F3N7O/c15-14(16,17)13-21-20-12-4-3-11(22-24(12)13)19-9-6-18-23(7-9)8-10-2-1-5-25-10/h3-4,6-7,10H,1-2,5,8H2,(H,19,22)/t10-/m1/s1. The van der Waals surface area contributed by atoms with Crippen molar-refractivity contribution in [2.24, 2.45) is 0 Å². The van der Waals surface area contributed by atoms with E-state index < -0.39 is 12.0 Å². The first-order chi connectivity index (χ1) is 12.0. The van der Waals surface area contributed by atoms with Gasteiger partial charge in [-0.2, -0.15) is 22.8 Å². The van der Waals surface area contributed by atoms with Crippen molar-refractivity contribution in [3.63, 3.8) is 0 Å². The number of rotatable bonds is 4. The van der Waals surface area contributed by atoms with E-state index in [-0.39, 0.29) is 17.6 Å². The first kappa shape index (κ1) is 15.8. The van der Waals surface area contributed by atoms with E-state index in [9.17, 15) is 13.2 Å². The Morgan fingerprint density at radius 1 is 1.28 bits per heavy atom. The lowest BCUT2D eigenvalue weighted by Crippen LogP contribution is -2.15. The van der Waals surface area contributed by atoms with Crippen LogP contribution >= 0.6 is 0 Å². The largest absolute Gasteiger partial charge is 0.453 e. The van der Waals surface area contributed by atoms with E-state index in [4.69, 9.17) is 4.74 Å². The minimum atomic E-state index is -4.63. The number of nitrogens with one attached hydrogen (secondary N) is 1. The molecule has 1 aliphatic heterocycles. The van der Waals surface area contributed by atoms with Crippen LogP contribution in [0, 0.1) is 0 Å². The van der Waals surface area contributed by atoms with E-state index in [2.05, 4.69) is 25.7 Å². The Kier molecular flexibility index (Phi) is 3.79. The summed E-state index contributed by atoms with van der Waals surface area (Å²) in [4.78, 5) is 0. The molecule has 0 aromatic carbocycles. The third-order valence-corrected chi connectivity index (χ3v) is 3.84. The Bertz CT molecular complexity index is 882. The van der Waals surface area contributed by atoms with Crippen molar-refractivity contribution >= 4 is 17.2 Å². The molecule has 8 nitrogen and oxygen atoms in total. The van der Waals surface area contributed by atoms with E-state index >= 15 is 0 Å². The van der Waals surface area contributed by atoms with Gasteiger partial charge in [0.1, 0.15) is 0 Å². The predicted octanol–water partition coefficient (Wildman–Crippen LogP) is 2.26. The van der Waals surface area contributed by atoms with Crippen LogP contribution in [0.1, 0.15) is 18.7 Å². The Balaban J connectivity index is 1.53. The molecule has 1 saturated heterocycles.